The second kappa shape index (κ2) is 4.03. The molecule has 11 heavy (non-hydrogen) atoms. The maximum atomic E-state index is 5.59. The molecule has 0 aliphatic rings. The van der Waals surface area contributed by atoms with E-state index in [2.05, 4.69) is 9.97 Å². The lowest BCUT2D eigenvalue weighted by molar-refractivity contribution is 0.656. The maximum absolute atomic E-state index is 5.59. The molecule has 1 rings (SSSR count). The van der Waals surface area contributed by atoms with Gasteiger partial charge in [-0.05, 0) is 19.8 Å². The first-order valence-electron chi connectivity index (χ1n) is 3.79. The van der Waals surface area contributed by atoms with E-state index in [0.29, 0.717) is 0 Å². The van der Waals surface area contributed by atoms with Crippen LogP contribution in [0.1, 0.15) is 19.0 Å². The summed E-state index contributed by atoms with van der Waals surface area (Å²) in [6.07, 6.45) is 7.05. The third-order valence-electron chi connectivity index (χ3n) is 1.47. The first-order chi connectivity index (χ1) is 5.29. The topological polar surface area (TPSA) is 51.8 Å². The second-order valence-corrected chi connectivity index (χ2v) is 2.71. The smallest absolute Gasteiger partial charge is 0.0587 e. The summed E-state index contributed by atoms with van der Waals surface area (Å²) >= 11 is 0. The van der Waals surface area contributed by atoms with Crippen LogP contribution in [0.5, 0.6) is 0 Å². The summed E-state index contributed by atoms with van der Waals surface area (Å²) in [5.74, 6) is 0. The van der Waals surface area contributed by atoms with Gasteiger partial charge >= 0.3 is 0 Å². The molecule has 1 aromatic heterocycles. The molecule has 0 saturated heterocycles. The summed E-state index contributed by atoms with van der Waals surface area (Å²) < 4.78 is 0. The predicted molar refractivity (Wildman–Crippen MR) is 44.0 cm³/mol. The van der Waals surface area contributed by atoms with Crippen molar-refractivity contribution in [2.24, 2.45) is 5.73 Å². The molecule has 0 spiro atoms. The Kier molecular flexibility index (Phi) is 2.98. The van der Waals surface area contributed by atoms with E-state index in [1.54, 1.807) is 18.6 Å². The third-order valence-corrected chi connectivity index (χ3v) is 1.47. The lowest BCUT2D eigenvalue weighted by Gasteiger charge is -2.02. The van der Waals surface area contributed by atoms with Gasteiger partial charge in [-0.15, -0.1) is 0 Å². The van der Waals surface area contributed by atoms with E-state index in [-0.39, 0.29) is 6.04 Å². The van der Waals surface area contributed by atoms with Gasteiger partial charge in [0.25, 0.3) is 0 Å². The van der Waals surface area contributed by atoms with E-state index in [0.717, 1.165) is 18.5 Å². The lowest BCUT2D eigenvalue weighted by Crippen LogP contribution is -2.15. The lowest BCUT2D eigenvalue weighted by atomic mass is 10.1. The van der Waals surface area contributed by atoms with Crippen LogP contribution in [-0.4, -0.2) is 16.0 Å². The van der Waals surface area contributed by atoms with Crippen LogP contribution in [0.4, 0.5) is 0 Å². The number of nitrogens with two attached hydrogens (primary N) is 1. The van der Waals surface area contributed by atoms with Crippen molar-refractivity contribution < 1.29 is 0 Å². The van der Waals surface area contributed by atoms with Crippen LogP contribution in [-0.2, 0) is 6.42 Å². The Morgan fingerprint density at radius 3 is 2.91 bits per heavy atom. The zero-order valence-corrected chi connectivity index (χ0v) is 6.70. The predicted octanol–water partition coefficient (Wildman–Crippen LogP) is 0.756. The number of rotatable bonds is 3. The molecule has 1 aromatic rings. The summed E-state index contributed by atoms with van der Waals surface area (Å²) in [5.41, 5.74) is 6.61. The fourth-order valence-electron chi connectivity index (χ4n) is 0.835. The summed E-state index contributed by atoms with van der Waals surface area (Å²) in [6.45, 7) is 2.00. The summed E-state index contributed by atoms with van der Waals surface area (Å²) in [7, 11) is 0. The van der Waals surface area contributed by atoms with Crippen molar-refractivity contribution in [1.29, 1.82) is 0 Å². The van der Waals surface area contributed by atoms with E-state index in [9.17, 15) is 0 Å². The molecule has 0 radical (unpaired) electrons. The van der Waals surface area contributed by atoms with Crippen molar-refractivity contribution in [3.8, 4) is 0 Å². The Morgan fingerprint density at radius 1 is 1.55 bits per heavy atom. The first-order valence-corrected chi connectivity index (χ1v) is 3.79. The minimum atomic E-state index is 0.247. The van der Waals surface area contributed by atoms with Gasteiger partial charge in [0.1, 0.15) is 0 Å². The highest BCUT2D eigenvalue weighted by molar-refractivity contribution is 4.94. The van der Waals surface area contributed by atoms with Crippen LogP contribution in [0.25, 0.3) is 0 Å². The molecule has 0 saturated carbocycles. The highest BCUT2D eigenvalue weighted by Gasteiger charge is 1.96. The molecule has 0 unspecified atom stereocenters. The van der Waals surface area contributed by atoms with E-state index < -0.39 is 0 Å². The molecular formula is C8H13N3. The highest BCUT2D eigenvalue weighted by Crippen LogP contribution is 1.97. The molecule has 3 heteroatoms. The molecule has 60 valence electrons. The van der Waals surface area contributed by atoms with Gasteiger partial charge in [0.15, 0.2) is 0 Å². The van der Waals surface area contributed by atoms with Gasteiger partial charge in [-0.25, -0.2) is 0 Å². The van der Waals surface area contributed by atoms with Crippen molar-refractivity contribution in [3.05, 3.63) is 24.3 Å². The summed E-state index contributed by atoms with van der Waals surface area (Å²) in [5, 5.41) is 0. The van der Waals surface area contributed by atoms with Crippen molar-refractivity contribution in [1.82, 2.24) is 9.97 Å². The molecule has 3 nitrogen and oxygen atoms in total. The van der Waals surface area contributed by atoms with Gasteiger partial charge in [-0.3, -0.25) is 9.97 Å². The minimum Gasteiger partial charge on any atom is -0.328 e. The Balaban J connectivity index is 2.39. The fraction of sp³-hybridized carbons (Fsp3) is 0.500. The SMILES string of the molecule is C[C@@H](N)CCc1cnccn1. The Hall–Kier alpha value is -0.960. The number of nitrogens with zero attached hydrogens (tertiary/aromatic N) is 2. The zero-order valence-electron chi connectivity index (χ0n) is 6.70. The van der Waals surface area contributed by atoms with Crippen molar-refractivity contribution in [2.45, 2.75) is 25.8 Å². The molecule has 1 atom stereocenters. The maximum Gasteiger partial charge on any atom is 0.0587 e. The quantitative estimate of drug-likeness (QED) is 0.693. The first kappa shape index (κ1) is 8.14. The van der Waals surface area contributed by atoms with Crippen LogP contribution in [0.3, 0.4) is 0 Å². The number of aryl methyl sites for hydroxylation is 1. The van der Waals surface area contributed by atoms with Crippen LogP contribution in [0, 0.1) is 0 Å². The Bertz CT molecular complexity index is 196. The van der Waals surface area contributed by atoms with Crippen LogP contribution in [0.2, 0.25) is 0 Å². The van der Waals surface area contributed by atoms with Crippen LogP contribution >= 0.6 is 0 Å². The van der Waals surface area contributed by atoms with Crippen LogP contribution < -0.4 is 5.73 Å². The Labute approximate surface area is 66.7 Å². The molecule has 0 aromatic carbocycles. The van der Waals surface area contributed by atoms with Gasteiger partial charge in [-0.1, -0.05) is 0 Å². The van der Waals surface area contributed by atoms with E-state index in [1.807, 2.05) is 6.92 Å². The number of hydrogen-bond acceptors (Lipinski definition) is 3. The normalized spacial score (nSPS) is 12.9. The monoisotopic (exact) mass is 151 g/mol. The van der Waals surface area contributed by atoms with E-state index >= 15 is 0 Å². The molecule has 2 N–H and O–H groups in total. The van der Waals surface area contributed by atoms with Gasteiger partial charge in [0, 0.05) is 24.6 Å². The largest absolute Gasteiger partial charge is 0.328 e. The zero-order chi connectivity index (χ0) is 8.10. The molecule has 0 bridgehead atoms. The number of aromatic nitrogens is 2. The minimum absolute atomic E-state index is 0.247. The molecular weight excluding hydrogens is 138 g/mol. The molecule has 0 aliphatic carbocycles. The molecule has 0 fully saturated rings. The van der Waals surface area contributed by atoms with E-state index in [1.165, 1.54) is 0 Å². The standard InChI is InChI=1S/C8H13N3/c1-7(9)2-3-8-6-10-4-5-11-8/h4-7H,2-3,9H2,1H3/t7-/m1/s1. The summed E-state index contributed by atoms with van der Waals surface area (Å²) in [6, 6.07) is 0.247. The van der Waals surface area contributed by atoms with Gasteiger partial charge in [0.2, 0.25) is 0 Å². The third kappa shape index (κ3) is 3.09. The number of hydrogen-bond donors (Lipinski definition) is 1. The molecule has 0 aliphatic heterocycles. The van der Waals surface area contributed by atoms with Gasteiger partial charge < -0.3 is 5.73 Å². The van der Waals surface area contributed by atoms with Crippen molar-refractivity contribution in [3.63, 3.8) is 0 Å². The fourth-order valence-corrected chi connectivity index (χ4v) is 0.835. The molecule has 0 amide bonds. The van der Waals surface area contributed by atoms with Gasteiger partial charge in [-0.2, -0.15) is 0 Å². The summed E-state index contributed by atoms with van der Waals surface area (Å²) in [4.78, 5) is 8.09. The second-order valence-electron chi connectivity index (χ2n) is 2.71. The van der Waals surface area contributed by atoms with Crippen LogP contribution in [0.15, 0.2) is 18.6 Å². The average Bonchev–Trinajstić information content (AvgIpc) is 2.03. The van der Waals surface area contributed by atoms with Gasteiger partial charge in [0.05, 0.1) is 5.69 Å². The Morgan fingerprint density at radius 2 is 2.36 bits per heavy atom. The van der Waals surface area contributed by atoms with Crippen molar-refractivity contribution >= 4 is 0 Å². The highest BCUT2D eigenvalue weighted by atomic mass is 14.8. The van der Waals surface area contributed by atoms with E-state index in [4.69, 9.17) is 5.73 Å². The average molecular weight is 151 g/mol. The molecule has 1 heterocycles. The van der Waals surface area contributed by atoms with Crippen molar-refractivity contribution in [2.75, 3.05) is 0 Å².